The van der Waals surface area contributed by atoms with Gasteiger partial charge in [-0.25, -0.2) is 8.78 Å². The fourth-order valence-electron chi connectivity index (χ4n) is 2.87. The molecule has 5 nitrogen and oxygen atoms in total. The van der Waals surface area contributed by atoms with Crippen molar-refractivity contribution in [2.75, 3.05) is 33.3 Å². The van der Waals surface area contributed by atoms with Gasteiger partial charge in [-0.05, 0) is 42.5 Å². The molecular formula is C19H18F2N2O3. The second-order valence-corrected chi connectivity index (χ2v) is 5.94. The van der Waals surface area contributed by atoms with Gasteiger partial charge in [-0.15, -0.1) is 0 Å². The van der Waals surface area contributed by atoms with E-state index < -0.39 is 11.6 Å². The molecule has 1 aliphatic rings. The Morgan fingerprint density at radius 2 is 1.35 bits per heavy atom. The Morgan fingerprint density at radius 3 is 1.85 bits per heavy atom. The lowest BCUT2D eigenvalue weighted by atomic mass is 10.1. The molecule has 0 N–H and O–H groups in total. The molecule has 1 saturated heterocycles. The van der Waals surface area contributed by atoms with Gasteiger partial charge in [0.2, 0.25) is 0 Å². The van der Waals surface area contributed by atoms with Crippen LogP contribution in [0.3, 0.4) is 0 Å². The number of benzene rings is 2. The van der Waals surface area contributed by atoms with Crippen LogP contribution in [0, 0.1) is 11.6 Å². The van der Waals surface area contributed by atoms with E-state index in [-0.39, 0.29) is 23.1 Å². The van der Waals surface area contributed by atoms with Crippen LogP contribution in [0.2, 0.25) is 0 Å². The quantitative estimate of drug-likeness (QED) is 0.845. The number of hydrogen-bond acceptors (Lipinski definition) is 3. The summed E-state index contributed by atoms with van der Waals surface area (Å²) < 4.78 is 31.6. The molecule has 0 radical (unpaired) electrons. The molecule has 26 heavy (non-hydrogen) atoms. The molecular weight excluding hydrogens is 342 g/mol. The maximum Gasteiger partial charge on any atom is 0.254 e. The number of carbonyl (C=O) groups excluding carboxylic acids is 2. The summed E-state index contributed by atoms with van der Waals surface area (Å²) in [5.74, 6) is -1.41. The molecule has 0 aliphatic carbocycles. The molecule has 0 spiro atoms. The predicted molar refractivity (Wildman–Crippen MR) is 91.2 cm³/mol. The molecule has 1 aliphatic heterocycles. The van der Waals surface area contributed by atoms with E-state index in [0.29, 0.717) is 31.7 Å². The van der Waals surface area contributed by atoms with Crippen LogP contribution in [0.15, 0.2) is 42.5 Å². The lowest BCUT2D eigenvalue weighted by Gasteiger charge is -2.35. The number of carbonyl (C=O) groups is 2. The minimum atomic E-state index is -0.594. The van der Waals surface area contributed by atoms with Crippen molar-refractivity contribution in [3.63, 3.8) is 0 Å². The zero-order chi connectivity index (χ0) is 18.7. The zero-order valence-electron chi connectivity index (χ0n) is 14.2. The Labute approximate surface area is 149 Å². The van der Waals surface area contributed by atoms with Crippen molar-refractivity contribution in [2.45, 2.75) is 0 Å². The third-order valence-corrected chi connectivity index (χ3v) is 4.34. The molecule has 0 bridgehead atoms. The third-order valence-electron chi connectivity index (χ3n) is 4.34. The fraction of sp³-hybridized carbons (Fsp3) is 0.263. The molecule has 0 unspecified atom stereocenters. The van der Waals surface area contributed by atoms with Gasteiger partial charge in [0.1, 0.15) is 5.82 Å². The average molecular weight is 360 g/mol. The first kappa shape index (κ1) is 17.8. The zero-order valence-corrected chi connectivity index (χ0v) is 14.2. The first-order chi connectivity index (χ1) is 12.5. The molecule has 0 aromatic heterocycles. The Bertz CT molecular complexity index is 816. The third kappa shape index (κ3) is 3.66. The molecule has 2 amide bonds. The van der Waals surface area contributed by atoms with E-state index in [4.69, 9.17) is 4.74 Å². The van der Waals surface area contributed by atoms with E-state index in [0.717, 1.165) is 6.07 Å². The molecule has 7 heteroatoms. The van der Waals surface area contributed by atoms with Crippen LogP contribution in [0.1, 0.15) is 20.7 Å². The number of halogens is 2. The predicted octanol–water partition coefficient (Wildman–Crippen LogP) is 2.57. The summed E-state index contributed by atoms with van der Waals surface area (Å²) in [4.78, 5) is 28.1. The molecule has 136 valence electrons. The topological polar surface area (TPSA) is 49.9 Å². The van der Waals surface area contributed by atoms with Crippen molar-refractivity contribution in [3.8, 4) is 5.75 Å². The fourth-order valence-corrected chi connectivity index (χ4v) is 2.87. The molecule has 1 fully saturated rings. The van der Waals surface area contributed by atoms with Crippen LogP contribution in [0.25, 0.3) is 0 Å². The summed E-state index contributed by atoms with van der Waals surface area (Å²) >= 11 is 0. The van der Waals surface area contributed by atoms with Gasteiger partial charge in [0.15, 0.2) is 11.6 Å². The Morgan fingerprint density at radius 1 is 0.846 bits per heavy atom. The van der Waals surface area contributed by atoms with Crippen LogP contribution in [0.4, 0.5) is 8.78 Å². The normalized spacial score (nSPS) is 14.3. The van der Waals surface area contributed by atoms with Crippen LogP contribution < -0.4 is 4.74 Å². The monoisotopic (exact) mass is 360 g/mol. The Balaban J connectivity index is 1.62. The largest absolute Gasteiger partial charge is 0.494 e. The summed E-state index contributed by atoms with van der Waals surface area (Å²) in [6, 6.07) is 9.44. The van der Waals surface area contributed by atoms with E-state index in [1.807, 2.05) is 0 Å². The number of nitrogens with zero attached hydrogens (tertiary/aromatic N) is 2. The SMILES string of the molecule is COc1ccc(C(=O)N2CCN(C(=O)c3ccc(F)cc3)CC2)cc1F. The van der Waals surface area contributed by atoms with Gasteiger partial charge in [-0.1, -0.05) is 0 Å². The molecule has 2 aromatic rings. The first-order valence-electron chi connectivity index (χ1n) is 8.17. The Hall–Kier alpha value is -2.96. The number of piperazine rings is 1. The number of hydrogen-bond donors (Lipinski definition) is 0. The summed E-state index contributed by atoms with van der Waals surface area (Å²) in [5.41, 5.74) is 0.644. The van der Waals surface area contributed by atoms with Crippen molar-refractivity contribution < 1.29 is 23.1 Å². The van der Waals surface area contributed by atoms with Crippen molar-refractivity contribution >= 4 is 11.8 Å². The van der Waals surface area contributed by atoms with Crippen molar-refractivity contribution in [1.29, 1.82) is 0 Å². The standard InChI is InChI=1S/C19H18F2N2O3/c1-26-17-7-4-14(12-16(17)21)19(25)23-10-8-22(9-11-23)18(24)13-2-5-15(20)6-3-13/h2-7,12H,8-11H2,1H3. The summed E-state index contributed by atoms with van der Waals surface area (Å²) in [6.07, 6.45) is 0. The summed E-state index contributed by atoms with van der Waals surface area (Å²) in [5, 5.41) is 0. The van der Waals surface area contributed by atoms with Gasteiger partial charge in [0, 0.05) is 37.3 Å². The summed E-state index contributed by atoms with van der Waals surface area (Å²) in [7, 11) is 1.36. The maximum absolute atomic E-state index is 13.8. The van der Waals surface area contributed by atoms with Crippen LogP contribution >= 0.6 is 0 Å². The second kappa shape index (κ2) is 7.51. The lowest BCUT2D eigenvalue weighted by Crippen LogP contribution is -2.50. The molecule has 0 saturated carbocycles. The van der Waals surface area contributed by atoms with E-state index in [9.17, 15) is 18.4 Å². The highest BCUT2D eigenvalue weighted by atomic mass is 19.1. The Kier molecular flexibility index (Phi) is 5.16. The van der Waals surface area contributed by atoms with Gasteiger partial charge in [0.05, 0.1) is 7.11 Å². The van der Waals surface area contributed by atoms with Crippen molar-refractivity contribution in [1.82, 2.24) is 9.80 Å². The molecule has 2 aromatic carbocycles. The van der Waals surface area contributed by atoms with Crippen LogP contribution in [-0.4, -0.2) is 54.9 Å². The molecule has 1 heterocycles. The maximum atomic E-state index is 13.8. The van der Waals surface area contributed by atoms with E-state index in [2.05, 4.69) is 0 Å². The van der Waals surface area contributed by atoms with Gasteiger partial charge in [-0.3, -0.25) is 9.59 Å². The minimum absolute atomic E-state index is 0.0799. The van der Waals surface area contributed by atoms with Crippen molar-refractivity contribution in [2.24, 2.45) is 0 Å². The van der Waals surface area contributed by atoms with E-state index in [1.165, 1.54) is 43.5 Å². The van der Waals surface area contributed by atoms with Crippen LogP contribution in [0.5, 0.6) is 5.75 Å². The second-order valence-electron chi connectivity index (χ2n) is 5.94. The highest BCUT2D eigenvalue weighted by Gasteiger charge is 2.26. The summed E-state index contributed by atoms with van der Waals surface area (Å²) in [6.45, 7) is 1.42. The highest BCUT2D eigenvalue weighted by Crippen LogP contribution is 2.19. The highest BCUT2D eigenvalue weighted by molar-refractivity contribution is 5.96. The number of methoxy groups -OCH3 is 1. The minimum Gasteiger partial charge on any atom is -0.494 e. The lowest BCUT2D eigenvalue weighted by molar-refractivity contribution is 0.0535. The average Bonchev–Trinajstić information content (AvgIpc) is 2.67. The first-order valence-corrected chi connectivity index (χ1v) is 8.17. The smallest absolute Gasteiger partial charge is 0.254 e. The molecule has 3 rings (SSSR count). The van der Waals surface area contributed by atoms with Crippen LogP contribution in [-0.2, 0) is 0 Å². The van der Waals surface area contributed by atoms with E-state index >= 15 is 0 Å². The van der Waals surface area contributed by atoms with Gasteiger partial charge < -0.3 is 14.5 Å². The van der Waals surface area contributed by atoms with Crippen molar-refractivity contribution in [3.05, 3.63) is 65.2 Å². The van der Waals surface area contributed by atoms with Gasteiger partial charge in [0.25, 0.3) is 11.8 Å². The number of rotatable bonds is 3. The van der Waals surface area contributed by atoms with E-state index in [1.54, 1.807) is 9.80 Å². The number of ether oxygens (including phenoxy) is 1. The number of amides is 2. The van der Waals surface area contributed by atoms with Gasteiger partial charge in [-0.2, -0.15) is 0 Å². The molecule has 0 atom stereocenters. The van der Waals surface area contributed by atoms with Gasteiger partial charge >= 0.3 is 0 Å².